The molecule has 114 valence electrons. The summed E-state index contributed by atoms with van der Waals surface area (Å²) in [6.07, 6.45) is 5.38. The number of hydrogen-bond acceptors (Lipinski definition) is 3. The molecule has 1 fully saturated rings. The van der Waals surface area contributed by atoms with Gasteiger partial charge >= 0.3 is 0 Å². The summed E-state index contributed by atoms with van der Waals surface area (Å²) in [6, 6.07) is 5.24. The Labute approximate surface area is 125 Å². The van der Waals surface area contributed by atoms with Crippen molar-refractivity contribution in [1.82, 2.24) is 0 Å². The van der Waals surface area contributed by atoms with Crippen LogP contribution in [0, 0.1) is 5.92 Å². The van der Waals surface area contributed by atoms with Gasteiger partial charge in [0, 0.05) is 18.5 Å². The molecule has 0 aliphatic heterocycles. The highest BCUT2D eigenvalue weighted by molar-refractivity contribution is 5.95. The maximum atomic E-state index is 12.2. The molecular weight excluding hydrogens is 268 g/mol. The third-order valence-electron chi connectivity index (χ3n) is 3.75. The first-order valence-electron chi connectivity index (χ1n) is 7.36. The van der Waals surface area contributed by atoms with Gasteiger partial charge in [0.25, 0.3) is 0 Å². The van der Waals surface area contributed by atoms with Crippen LogP contribution in [-0.2, 0) is 9.59 Å². The van der Waals surface area contributed by atoms with Crippen LogP contribution in [-0.4, -0.2) is 18.9 Å². The standard InChI is InChI=1S/C16H22N2O3/c1-11(19)17-14-10-13(8-9-15(14)21-2)18-16(20)12-6-4-3-5-7-12/h8-10,12H,3-7H2,1-2H3,(H,17,19)(H,18,20). The van der Waals surface area contributed by atoms with E-state index in [1.54, 1.807) is 25.3 Å². The maximum absolute atomic E-state index is 12.2. The number of rotatable bonds is 4. The Morgan fingerprint density at radius 2 is 1.86 bits per heavy atom. The fourth-order valence-corrected chi connectivity index (χ4v) is 2.68. The highest BCUT2D eigenvalue weighted by Crippen LogP contribution is 2.29. The predicted molar refractivity (Wildman–Crippen MR) is 82.5 cm³/mol. The Bertz CT molecular complexity index is 522. The number of ether oxygens (including phenoxy) is 1. The molecule has 1 aliphatic rings. The van der Waals surface area contributed by atoms with Crippen LogP contribution in [0.4, 0.5) is 11.4 Å². The first kappa shape index (κ1) is 15.4. The van der Waals surface area contributed by atoms with Crippen LogP contribution < -0.4 is 15.4 Å². The van der Waals surface area contributed by atoms with Crippen LogP contribution in [0.1, 0.15) is 39.0 Å². The van der Waals surface area contributed by atoms with Gasteiger partial charge in [0.15, 0.2) is 0 Å². The zero-order valence-electron chi connectivity index (χ0n) is 12.6. The SMILES string of the molecule is COc1ccc(NC(=O)C2CCCCC2)cc1NC(C)=O. The summed E-state index contributed by atoms with van der Waals surface area (Å²) >= 11 is 0. The minimum absolute atomic E-state index is 0.0636. The molecule has 2 amide bonds. The first-order chi connectivity index (χ1) is 10.1. The second-order valence-electron chi connectivity index (χ2n) is 5.42. The molecule has 1 aromatic carbocycles. The molecular formula is C16H22N2O3. The Morgan fingerprint density at radius 3 is 2.48 bits per heavy atom. The number of amides is 2. The summed E-state index contributed by atoms with van der Waals surface area (Å²) in [5.41, 5.74) is 1.24. The Kier molecular flexibility index (Phi) is 5.20. The van der Waals surface area contributed by atoms with Gasteiger partial charge in [0.05, 0.1) is 12.8 Å². The molecule has 0 aromatic heterocycles. The van der Waals surface area contributed by atoms with E-state index in [0.29, 0.717) is 17.1 Å². The van der Waals surface area contributed by atoms with E-state index in [0.717, 1.165) is 25.7 Å². The molecule has 0 spiro atoms. The number of anilines is 2. The highest BCUT2D eigenvalue weighted by Gasteiger charge is 2.21. The van der Waals surface area contributed by atoms with Gasteiger partial charge in [-0.2, -0.15) is 0 Å². The van der Waals surface area contributed by atoms with Crippen LogP contribution in [0.5, 0.6) is 5.75 Å². The summed E-state index contributed by atoms with van der Waals surface area (Å²) in [5.74, 6) is 0.559. The van der Waals surface area contributed by atoms with Crippen molar-refractivity contribution >= 4 is 23.2 Å². The van der Waals surface area contributed by atoms with Crippen molar-refractivity contribution < 1.29 is 14.3 Å². The van der Waals surface area contributed by atoms with Gasteiger partial charge < -0.3 is 15.4 Å². The van der Waals surface area contributed by atoms with E-state index < -0.39 is 0 Å². The summed E-state index contributed by atoms with van der Waals surface area (Å²) in [6.45, 7) is 1.44. The van der Waals surface area contributed by atoms with E-state index in [-0.39, 0.29) is 17.7 Å². The number of carbonyl (C=O) groups excluding carboxylic acids is 2. The van der Waals surface area contributed by atoms with Crippen molar-refractivity contribution in [3.05, 3.63) is 18.2 Å². The van der Waals surface area contributed by atoms with Crippen molar-refractivity contribution in [2.45, 2.75) is 39.0 Å². The van der Waals surface area contributed by atoms with Crippen LogP contribution in [0.2, 0.25) is 0 Å². The molecule has 0 bridgehead atoms. The lowest BCUT2D eigenvalue weighted by Crippen LogP contribution is -2.24. The zero-order valence-corrected chi connectivity index (χ0v) is 12.6. The monoisotopic (exact) mass is 290 g/mol. The largest absolute Gasteiger partial charge is 0.495 e. The topological polar surface area (TPSA) is 67.4 Å². The quantitative estimate of drug-likeness (QED) is 0.895. The average Bonchev–Trinajstić information content (AvgIpc) is 2.48. The van der Waals surface area contributed by atoms with E-state index >= 15 is 0 Å². The van der Waals surface area contributed by atoms with Crippen LogP contribution >= 0.6 is 0 Å². The van der Waals surface area contributed by atoms with Gasteiger partial charge in [-0.1, -0.05) is 19.3 Å². The van der Waals surface area contributed by atoms with Crippen LogP contribution in [0.3, 0.4) is 0 Å². The zero-order chi connectivity index (χ0) is 15.2. The smallest absolute Gasteiger partial charge is 0.227 e. The van der Waals surface area contributed by atoms with Gasteiger partial charge in [0.1, 0.15) is 5.75 Å². The van der Waals surface area contributed by atoms with E-state index in [1.807, 2.05) is 0 Å². The second kappa shape index (κ2) is 7.11. The second-order valence-corrected chi connectivity index (χ2v) is 5.42. The lowest BCUT2D eigenvalue weighted by Gasteiger charge is -2.21. The summed E-state index contributed by atoms with van der Waals surface area (Å²) in [5, 5.41) is 5.63. The lowest BCUT2D eigenvalue weighted by atomic mass is 9.88. The van der Waals surface area contributed by atoms with Gasteiger partial charge in [-0.3, -0.25) is 9.59 Å². The maximum Gasteiger partial charge on any atom is 0.227 e. The van der Waals surface area contributed by atoms with Crippen molar-refractivity contribution in [2.24, 2.45) is 5.92 Å². The predicted octanol–water partition coefficient (Wildman–Crippen LogP) is 3.17. The van der Waals surface area contributed by atoms with Gasteiger partial charge in [-0.25, -0.2) is 0 Å². The van der Waals surface area contributed by atoms with E-state index in [4.69, 9.17) is 4.74 Å². The molecule has 2 rings (SSSR count). The normalized spacial score (nSPS) is 15.3. The Morgan fingerprint density at radius 1 is 1.14 bits per heavy atom. The van der Waals surface area contributed by atoms with Crippen LogP contribution in [0.25, 0.3) is 0 Å². The van der Waals surface area contributed by atoms with E-state index in [9.17, 15) is 9.59 Å². The third kappa shape index (κ3) is 4.21. The van der Waals surface area contributed by atoms with Crippen molar-refractivity contribution in [3.63, 3.8) is 0 Å². The Hall–Kier alpha value is -2.04. The molecule has 0 unspecified atom stereocenters. The molecule has 2 N–H and O–H groups in total. The average molecular weight is 290 g/mol. The highest BCUT2D eigenvalue weighted by atomic mass is 16.5. The summed E-state index contributed by atoms with van der Waals surface area (Å²) < 4.78 is 5.20. The number of benzene rings is 1. The lowest BCUT2D eigenvalue weighted by molar-refractivity contribution is -0.120. The van der Waals surface area contributed by atoms with Crippen LogP contribution in [0.15, 0.2) is 18.2 Å². The van der Waals surface area contributed by atoms with Crippen molar-refractivity contribution in [2.75, 3.05) is 17.7 Å². The van der Waals surface area contributed by atoms with Gasteiger partial charge in [-0.15, -0.1) is 0 Å². The van der Waals surface area contributed by atoms with E-state index in [1.165, 1.54) is 13.3 Å². The Balaban J connectivity index is 2.08. The number of carbonyl (C=O) groups is 2. The molecule has 21 heavy (non-hydrogen) atoms. The molecule has 1 saturated carbocycles. The van der Waals surface area contributed by atoms with Crippen molar-refractivity contribution in [1.29, 1.82) is 0 Å². The molecule has 0 radical (unpaired) electrons. The fraction of sp³-hybridized carbons (Fsp3) is 0.500. The summed E-state index contributed by atoms with van der Waals surface area (Å²) in [7, 11) is 1.54. The third-order valence-corrected chi connectivity index (χ3v) is 3.75. The van der Waals surface area contributed by atoms with E-state index in [2.05, 4.69) is 10.6 Å². The molecule has 0 atom stereocenters. The summed E-state index contributed by atoms with van der Waals surface area (Å²) in [4.78, 5) is 23.4. The molecule has 1 aliphatic carbocycles. The fourth-order valence-electron chi connectivity index (χ4n) is 2.68. The minimum Gasteiger partial charge on any atom is -0.495 e. The molecule has 0 heterocycles. The first-order valence-corrected chi connectivity index (χ1v) is 7.36. The van der Waals surface area contributed by atoms with Gasteiger partial charge in [-0.05, 0) is 31.0 Å². The molecule has 5 nitrogen and oxygen atoms in total. The number of hydrogen-bond donors (Lipinski definition) is 2. The van der Waals surface area contributed by atoms with Gasteiger partial charge in [0.2, 0.25) is 11.8 Å². The molecule has 1 aromatic rings. The molecule has 0 saturated heterocycles. The number of methoxy groups -OCH3 is 1. The van der Waals surface area contributed by atoms with Crippen molar-refractivity contribution in [3.8, 4) is 5.75 Å². The minimum atomic E-state index is -0.177. The molecule has 5 heteroatoms. The number of nitrogens with one attached hydrogen (secondary N) is 2.